The van der Waals surface area contributed by atoms with Crippen molar-refractivity contribution >= 4 is 35.7 Å². The van der Waals surface area contributed by atoms with Gasteiger partial charge in [0.05, 0.1) is 57.4 Å². The third kappa shape index (κ3) is 10.3. The fraction of sp³-hybridized carbons (Fsp3) is 0.533. The van der Waals surface area contributed by atoms with Gasteiger partial charge < -0.3 is 49.7 Å². The Morgan fingerprint density at radius 3 is 1.89 bits per heavy atom. The fourth-order valence-corrected chi connectivity index (χ4v) is 8.60. The average Bonchev–Trinajstić information content (AvgIpc) is 4.02. The normalized spacial score (nSPS) is 23.3. The number of aromatic amines is 1. The van der Waals surface area contributed by atoms with Gasteiger partial charge in [0.2, 0.25) is 17.7 Å². The number of hydrogen-bond acceptors (Lipinski definition) is 11. The summed E-state index contributed by atoms with van der Waals surface area (Å²) in [7, 11) is 2.48. The molecule has 3 saturated heterocycles. The average molecular weight is 858 g/mol. The molecule has 6 rings (SSSR count). The van der Waals surface area contributed by atoms with Crippen molar-refractivity contribution in [2.75, 3.05) is 33.9 Å². The van der Waals surface area contributed by atoms with E-state index in [-0.39, 0.29) is 61.3 Å². The number of carbonyl (C=O) groups is 6. The first-order valence-electron chi connectivity index (χ1n) is 21.2. The second-order valence-corrected chi connectivity index (χ2v) is 17.1. The molecule has 17 heteroatoms. The predicted molar refractivity (Wildman–Crippen MR) is 227 cm³/mol. The minimum atomic E-state index is -1.22. The molecule has 3 aliphatic rings. The van der Waals surface area contributed by atoms with Crippen LogP contribution in [0.4, 0.5) is 9.59 Å². The fourth-order valence-electron chi connectivity index (χ4n) is 8.60. The SMILES string of the molecule is COC(=O)NC(C(=O)N1CC2(CC1C(=O)NCC(=O)c1ccc(-c3ccc(-c4cnc(C5CCCN5C(=O)C(NC(=O)OC)C(C)C)[nH]4)cc3)cc1)OC(C)CC(C)O2)C(C)C. The van der Waals surface area contributed by atoms with Crippen molar-refractivity contribution in [3.63, 3.8) is 0 Å². The van der Waals surface area contributed by atoms with Gasteiger partial charge in [-0.25, -0.2) is 14.6 Å². The zero-order chi connectivity index (χ0) is 44.9. The maximum absolute atomic E-state index is 14.0. The molecule has 6 atom stereocenters. The number of ether oxygens (including phenoxy) is 4. The maximum atomic E-state index is 14.0. The van der Waals surface area contributed by atoms with E-state index in [2.05, 4.69) is 25.9 Å². The van der Waals surface area contributed by atoms with Gasteiger partial charge in [-0.1, -0.05) is 76.2 Å². The van der Waals surface area contributed by atoms with Gasteiger partial charge in [-0.3, -0.25) is 19.2 Å². The van der Waals surface area contributed by atoms with Crippen LogP contribution in [0.2, 0.25) is 0 Å². The summed E-state index contributed by atoms with van der Waals surface area (Å²) in [4.78, 5) is 90.0. The highest BCUT2D eigenvalue weighted by Crippen LogP contribution is 2.39. The second kappa shape index (κ2) is 19.5. The molecular formula is C45H59N7O10. The van der Waals surface area contributed by atoms with Crippen molar-refractivity contribution in [1.82, 2.24) is 35.7 Å². The van der Waals surface area contributed by atoms with E-state index in [1.165, 1.54) is 19.1 Å². The number of rotatable bonds is 13. The number of H-pyrrole nitrogens is 1. The van der Waals surface area contributed by atoms with Crippen LogP contribution in [0.3, 0.4) is 0 Å². The predicted octanol–water partition coefficient (Wildman–Crippen LogP) is 4.98. The summed E-state index contributed by atoms with van der Waals surface area (Å²) in [6.07, 6.45) is 2.26. The number of amides is 5. The van der Waals surface area contributed by atoms with E-state index in [9.17, 15) is 28.8 Å². The van der Waals surface area contributed by atoms with E-state index in [0.29, 0.717) is 24.4 Å². The third-order valence-corrected chi connectivity index (χ3v) is 11.8. The molecular weight excluding hydrogens is 799 g/mol. The van der Waals surface area contributed by atoms with E-state index >= 15 is 0 Å². The quantitative estimate of drug-likeness (QED) is 0.169. The smallest absolute Gasteiger partial charge is 0.407 e. The van der Waals surface area contributed by atoms with Crippen LogP contribution in [-0.2, 0) is 33.3 Å². The number of imidazole rings is 1. The zero-order valence-electron chi connectivity index (χ0n) is 36.7. The van der Waals surface area contributed by atoms with Gasteiger partial charge in [-0.15, -0.1) is 0 Å². The lowest BCUT2D eigenvalue weighted by Crippen LogP contribution is -2.56. The van der Waals surface area contributed by atoms with E-state index in [0.717, 1.165) is 35.2 Å². The molecule has 2 aromatic carbocycles. The third-order valence-electron chi connectivity index (χ3n) is 11.8. The molecule has 17 nitrogen and oxygen atoms in total. The number of aromatic nitrogens is 2. The summed E-state index contributed by atoms with van der Waals surface area (Å²) in [6, 6.07) is 12.0. The lowest BCUT2D eigenvalue weighted by Gasteiger charge is -2.40. The second-order valence-electron chi connectivity index (χ2n) is 17.1. The van der Waals surface area contributed by atoms with E-state index in [1.54, 1.807) is 37.1 Å². The van der Waals surface area contributed by atoms with Crippen LogP contribution in [0.1, 0.15) is 89.4 Å². The van der Waals surface area contributed by atoms with Gasteiger partial charge in [0.25, 0.3) is 0 Å². The summed E-state index contributed by atoms with van der Waals surface area (Å²) in [5.74, 6) is -2.51. The van der Waals surface area contributed by atoms with E-state index in [4.69, 9.17) is 18.9 Å². The lowest BCUT2D eigenvalue weighted by molar-refractivity contribution is -0.303. The van der Waals surface area contributed by atoms with Crippen LogP contribution in [0.5, 0.6) is 0 Å². The van der Waals surface area contributed by atoms with Gasteiger partial charge in [-0.05, 0) is 61.6 Å². The molecule has 4 N–H and O–H groups in total. The molecule has 62 heavy (non-hydrogen) atoms. The first-order valence-corrected chi connectivity index (χ1v) is 21.2. The van der Waals surface area contributed by atoms with Crippen molar-refractivity contribution in [3.8, 4) is 22.4 Å². The number of alkyl carbamates (subject to hydrolysis) is 2. The highest BCUT2D eigenvalue weighted by Gasteiger charge is 2.55. The molecule has 1 spiro atoms. The first kappa shape index (κ1) is 45.7. The number of Topliss-reactive ketones (excluding diaryl/α,β-unsaturated/α-hetero) is 1. The van der Waals surface area contributed by atoms with Crippen LogP contribution >= 0.6 is 0 Å². The Morgan fingerprint density at radius 1 is 0.806 bits per heavy atom. The summed E-state index contributed by atoms with van der Waals surface area (Å²) in [6.45, 7) is 11.4. The highest BCUT2D eigenvalue weighted by atomic mass is 16.7. The molecule has 6 unspecified atom stereocenters. The van der Waals surface area contributed by atoms with Crippen molar-refractivity contribution in [2.24, 2.45) is 11.8 Å². The molecule has 1 aromatic heterocycles. The molecule has 5 amide bonds. The summed E-state index contributed by atoms with van der Waals surface area (Å²) in [5, 5.41) is 8.00. The minimum absolute atomic E-state index is 0.0246. The number of nitrogens with zero attached hydrogens (tertiary/aromatic N) is 3. The number of methoxy groups -OCH3 is 2. The highest BCUT2D eigenvalue weighted by molar-refractivity contribution is 6.01. The van der Waals surface area contributed by atoms with Gasteiger partial charge in [0.15, 0.2) is 11.6 Å². The van der Waals surface area contributed by atoms with E-state index < -0.39 is 47.9 Å². The number of benzene rings is 2. The number of hydrogen-bond donors (Lipinski definition) is 4. The molecule has 0 aliphatic carbocycles. The Labute approximate surface area is 361 Å². The van der Waals surface area contributed by atoms with Gasteiger partial charge in [0.1, 0.15) is 23.9 Å². The number of carbonyl (C=O) groups excluding carboxylic acids is 6. The monoisotopic (exact) mass is 857 g/mol. The lowest BCUT2D eigenvalue weighted by atomic mass is 10.0. The van der Waals surface area contributed by atoms with Crippen molar-refractivity contribution < 1.29 is 47.7 Å². The van der Waals surface area contributed by atoms with E-state index in [1.807, 2.05) is 64.1 Å². The number of likely N-dealkylation sites (tertiary alicyclic amines) is 2. The Hall–Kier alpha value is -5.81. The van der Waals surface area contributed by atoms with Gasteiger partial charge >= 0.3 is 12.2 Å². The molecule has 3 aromatic rings. The van der Waals surface area contributed by atoms with Gasteiger partial charge in [0, 0.05) is 18.5 Å². The first-order chi connectivity index (χ1) is 29.5. The van der Waals surface area contributed by atoms with Crippen molar-refractivity contribution in [1.29, 1.82) is 0 Å². The summed E-state index contributed by atoms with van der Waals surface area (Å²) >= 11 is 0. The van der Waals surface area contributed by atoms with Crippen LogP contribution < -0.4 is 16.0 Å². The molecule has 0 radical (unpaired) electrons. The van der Waals surface area contributed by atoms with Crippen LogP contribution in [0, 0.1) is 11.8 Å². The summed E-state index contributed by atoms with van der Waals surface area (Å²) in [5.41, 5.74) is 3.89. The Balaban J connectivity index is 1.08. The van der Waals surface area contributed by atoms with Crippen LogP contribution in [-0.4, -0.2) is 125 Å². The molecule has 3 fully saturated rings. The minimum Gasteiger partial charge on any atom is -0.453 e. The maximum Gasteiger partial charge on any atom is 0.407 e. The Morgan fingerprint density at radius 2 is 1.34 bits per heavy atom. The molecule has 334 valence electrons. The Kier molecular flexibility index (Phi) is 14.4. The standard InChI is InChI=1S/C45H59N7O10/c1-25(2)37(49-43(57)59-7)41(55)51-19-9-10-34(51)39-46-22-33(48-39)31-15-11-29(12-16-31)30-13-17-32(18-14-30)36(53)23-47-40(54)35-21-45(61-27(5)20-28(6)62-45)24-52(35)42(56)38(26(3)4)50-44(58)60-8/h11-18,22,25-28,34-35,37-38H,9-10,19-21,23-24H2,1-8H3,(H,46,48)(H,47,54)(H,49,57)(H,50,58). The summed E-state index contributed by atoms with van der Waals surface area (Å²) < 4.78 is 22.0. The largest absolute Gasteiger partial charge is 0.453 e. The van der Waals surface area contributed by atoms with Crippen molar-refractivity contribution in [2.45, 2.75) is 109 Å². The topological polar surface area (TPSA) is 211 Å². The molecule has 0 saturated carbocycles. The molecule has 0 bridgehead atoms. The zero-order valence-corrected chi connectivity index (χ0v) is 36.7. The van der Waals surface area contributed by atoms with Gasteiger partial charge in [-0.2, -0.15) is 0 Å². The molecule has 4 heterocycles. The number of ketones is 1. The van der Waals surface area contributed by atoms with Crippen molar-refractivity contribution in [3.05, 3.63) is 66.1 Å². The van der Waals surface area contributed by atoms with Crippen LogP contribution in [0.15, 0.2) is 54.7 Å². The molecule has 3 aliphatic heterocycles. The number of nitrogens with one attached hydrogen (secondary N) is 4. The van der Waals surface area contributed by atoms with Crippen LogP contribution in [0.25, 0.3) is 22.4 Å². The Bertz CT molecular complexity index is 2090.